The fourth-order valence-electron chi connectivity index (χ4n) is 2.98. The molecule has 0 heterocycles. The van der Waals surface area contributed by atoms with Gasteiger partial charge in [-0.05, 0) is 72.4 Å². The number of hydrogen-bond donors (Lipinski definition) is 0. The van der Waals surface area contributed by atoms with E-state index in [9.17, 15) is 17.6 Å². The summed E-state index contributed by atoms with van der Waals surface area (Å²) in [7, 11) is 0. The minimum Gasteiger partial charge on any atom is -0.403 e. The Bertz CT molecular complexity index is 1090. The van der Waals surface area contributed by atoms with Crippen molar-refractivity contribution in [2.75, 3.05) is 0 Å². The maximum atomic E-state index is 13.9. The van der Waals surface area contributed by atoms with Gasteiger partial charge in [0.05, 0.1) is 0 Å². The summed E-state index contributed by atoms with van der Waals surface area (Å²) in [6, 6.07) is 18.5. The van der Waals surface area contributed by atoms with Crippen molar-refractivity contribution in [2.24, 2.45) is 0 Å². The minimum absolute atomic E-state index is 0.443. The van der Waals surface area contributed by atoms with Gasteiger partial charge in [0.1, 0.15) is 0 Å². The fraction of sp³-hybridized carbons (Fsp3) is 0.154. The molecule has 0 radical (unpaired) electrons. The highest BCUT2D eigenvalue weighted by Crippen LogP contribution is 2.29. The molecule has 0 bridgehead atoms. The van der Waals surface area contributed by atoms with E-state index < -0.39 is 17.9 Å². The van der Waals surface area contributed by atoms with Crippen LogP contribution in [0.5, 0.6) is 5.75 Å². The third kappa shape index (κ3) is 6.75. The zero-order chi connectivity index (χ0) is 22.3. The number of alkyl halides is 3. The molecule has 0 unspecified atom stereocenters. The Morgan fingerprint density at radius 3 is 1.97 bits per heavy atom. The summed E-state index contributed by atoms with van der Waals surface area (Å²) in [5, 5.41) is 0. The van der Waals surface area contributed by atoms with E-state index in [1.807, 2.05) is 18.2 Å². The highest BCUT2D eigenvalue weighted by Gasteiger charge is 2.32. The highest BCUT2D eigenvalue weighted by atomic mass is 19.4. The Kier molecular flexibility index (Phi) is 7.15. The summed E-state index contributed by atoms with van der Waals surface area (Å²) in [4.78, 5) is 0. The standard InChI is InChI=1S/C26H20F4O/c1-2-3-4-5-19-6-8-20(9-7-19)10-11-21-12-14-22(15-13-21)23-16-17-25(24(27)18-23)31-26(28,29)30/h2,6-9,12-18H,1,3-5H2. The summed E-state index contributed by atoms with van der Waals surface area (Å²) in [5.41, 5.74) is 4.04. The maximum absolute atomic E-state index is 13.9. The lowest BCUT2D eigenvalue weighted by molar-refractivity contribution is -0.275. The first-order valence-electron chi connectivity index (χ1n) is 9.71. The zero-order valence-corrected chi connectivity index (χ0v) is 16.7. The van der Waals surface area contributed by atoms with Crippen LogP contribution in [0.1, 0.15) is 29.5 Å². The molecule has 3 aromatic rings. The van der Waals surface area contributed by atoms with Crippen molar-refractivity contribution >= 4 is 0 Å². The first kappa shape index (κ1) is 22.2. The van der Waals surface area contributed by atoms with E-state index in [0.29, 0.717) is 11.1 Å². The van der Waals surface area contributed by atoms with Crippen LogP contribution in [0.2, 0.25) is 0 Å². The molecule has 0 spiro atoms. The van der Waals surface area contributed by atoms with Gasteiger partial charge in [0.2, 0.25) is 0 Å². The van der Waals surface area contributed by atoms with Gasteiger partial charge in [-0.3, -0.25) is 0 Å². The predicted octanol–water partition coefficient (Wildman–Crippen LogP) is 7.30. The van der Waals surface area contributed by atoms with Crippen molar-refractivity contribution in [3.8, 4) is 28.7 Å². The SMILES string of the molecule is C=CCCCc1ccc(C#Cc2ccc(-c3ccc(OC(F)(F)F)c(F)c3)cc2)cc1. The number of unbranched alkanes of at least 4 members (excludes halogenated alkanes) is 1. The van der Waals surface area contributed by atoms with Crippen LogP contribution < -0.4 is 4.74 Å². The second kappa shape index (κ2) is 9.99. The van der Waals surface area contributed by atoms with Gasteiger partial charge in [0.25, 0.3) is 0 Å². The van der Waals surface area contributed by atoms with Crippen LogP contribution >= 0.6 is 0 Å². The molecular formula is C26H20F4O. The van der Waals surface area contributed by atoms with Crippen molar-refractivity contribution in [1.82, 2.24) is 0 Å². The lowest BCUT2D eigenvalue weighted by Gasteiger charge is -2.10. The van der Waals surface area contributed by atoms with E-state index in [2.05, 4.69) is 35.3 Å². The number of aryl methyl sites for hydroxylation is 1. The third-order valence-corrected chi connectivity index (χ3v) is 4.55. The lowest BCUT2D eigenvalue weighted by atomic mass is 10.0. The number of hydrogen-bond acceptors (Lipinski definition) is 1. The number of rotatable bonds is 6. The van der Waals surface area contributed by atoms with Gasteiger partial charge in [-0.15, -0.1) is 19.8 Å². The van der Waals surface area contributed by atoms with Crippen molar-refractivity contribution in [1.29, 1.82) is 0 Å². The first-order chi connectivity index (χ1) is 14.8. The van der Waals surface area contributed by atoms with Gasteiger partial charge in [0.15, 0.2) is 11.6 Å². The summed E-state index contributed by atoms with van der Waals surface area (Å²) in [6.45, 7) is 3.72. The molecule has 0 fully saturated rings. The largest absolute Gasteiger partial charge is 0.573 e. The Labute approximate surface area is 179 Å². The number of allylic oxidation sites excluding steroid dienone is 1. The molecule has 0 aliphatic rings. The molecule has 0 saturated heterocycles. The second-order valence-corrected chi connectivity index (χ2v) is 6.90. The van der Waals surface area contributed by atoms with Gasteiger partial charge in [-0.1, -0.05) is 48.2 Å². The molecule has 5 heteroatoms. The van der Waals surface area contributed by atoms with Gasteiger partial charge < -0.3 is 4.74 Å². The topological polar surface area (TPSA) is 9.23 Å². The molecule has 0 aliphatic carbocycles. The van der Waals surface area contributed by atoms with Crippen LogP contribution in [-0.2, 0) is 6.42 Å². The maximum Gasteiger partial charge on any atom is 0.573 e. The van der Waals surface area contributed by atoms with Crippen molar-refractivity contribution < 1.29 is 22.3 Å². The van der Waals surface area contributed by atoms with E-state index in [4.69, 9.17) is 0 Å². The molecule has 158 valence electrons. The quantitative estimate of drug-likeness (QED) is 0.175. The molecule has 3 aromatic carbocycles. The summed E-state index contributed by atoms with van der Waals surface area (Å²) >= 11 is 0. The monoisotopic (exact) mass is 424 g/mol. The third-order valence-electron chi connectivity index (χ3n) is 4.55. The van der Waals surface area contributed by atoms with Crippen molar-refractivity contribution in [2.45, 2.75) is 25.6 Å². The minimum atomic E-state index is -4.94. The van der Waals surface area contributed by atoms with E-state index in [0.717, 1.165) is 42.5 Å². The summed E-state index contributed by atoms with van der Waals surface area (Å²) in [5.74, 6) is 4.25. The number of halogens is 4. The average Bonchev–Trinajstić information content (AvgIpc) is 2.74. The van der Waals surface area contributed by atoms with Gasteiger partial charge >= 0.3 is 6.36 Å². The van der Waals surface area contributed by atoms with Crippen LogP contribution in [0.4, 0.5) is 17.6 Å². The predicted molar refractivity (Wildman–Crippen MR) is 114 cm³/mol. The summed E-state index contributed by atoms with van der Waals surface area (Å²) < 4.78 is 54.4. The molecule has 31 heavy (non-hydrogen) atoms. The van der Waals surface area contributed by atoms with Gasteiger partial charge in [-0.25, -0.2) is 4.39 Å². The smallest absolute Gasteiger partial charge is 0.403 e. The van der Waals surface area contributed by atoms with Gasteiger partial charge in [-0.2, -0.15) is 0 Å². The first-order valence-corrected chi connectivity index (χ1v) is 9.71. The second-order valence-electron chi connectivity index (χ2n) is 6.90. The van der Waals surface area contributed by atoms with Crippen LogP contribution in [0, 0.1) is 17.7 Å². The van der Waals surface area contributed by atoms with E-state index in [-0.39, 0.29) is 0 Å². The molecule has 0 saturated carbocycles. The van der Waals surface area contributed by atoms with Crippen LogP contribution in [0.3, 0.4) is 0 Å². The van der Waals surface area contributed by atoms with E-state index >= 15 is 0 Å². The Balaban J connectivity index is 1.67. The summed E-state index contributed by atoms with van der Waals surface area (Å²) in [6.07, 6.45) is 0.0527. The molecule has 0 aliphatic heterocycles. The van der Waals surface area contributed by atoms with E-state index in [1.54, 1.807) is 24.3 Å². The highest BCUT2D eigenvalue weighted by molar-refractivity contribution is 5.65. The Morgan fingerprint density at radius 1 is 0.839 bits per heavy atom. The normalized spacial score (nSPS) is 10.8. The van der Waals surface area contributed by atoms with Crippen LogP contribution in [0.25, 0.3) is 11.1 Å². The Hall–Kier alpha value is -3.52. The van der Waals surface area contributed by atoms with Crippen molar-refractivity contribution in [3.05, 3.63) is 102 Å². The number of benzene rings is 3. The fourth-order valence-corrected chi connectivity index (χ4v) is 2.98. The van der Waals surface area contributed by atoms with Crippen LogP contribution in [0.15, 0.2) is 79.4 Å². The molecule has 3 rings (SSSR count). The van der Waals surface area contributed by atoms with E-state index in [1.165, 1.54) is 11.6 Å². The zero-order valence-electron chi connectivity index (χ0n) is 16.7. The number of ether oxygens (including phenoxy) is 1. The van der Waals surface area contributed by atoms with Crippen LogP contribution in [-0.4, -0.2) is 6.36 Å². The Morgan fingerprint density at radius 2 is 1.42 bits per heavy atom. The molecule has 0 atom stereocenters. The molecule has 0 N–H and O–H groups in total. The lowest BCUT2D eigenvalue weighted by Crippen LogP contribution is -2.17. The molecule has 0 aromatic heterocycles. The van der Waals surface area contributed by atoms with Crippen molar-refractivity contribution in [3.63, 3.8) is 0 Å². The van der Waals surface area contributed by atoms with Gasteiger partial charge in [0, 0.05) is 11.1 Å². The average molecular weight is 424 g/mol. The molecule has 1 nitrogen and oxygen atoms in total. The molecule has 0 amide bonds. The molecular weight excluding hydrogens is 404 g/mol.